The minimum atomic E-state index is -3.23. The number of hydrogen-bond acceptors (Lipinski definition) is 4. The van der Waals surface area contributed by atoms with Crippen LogP contribution in [0.3, 0.4) is 0 Å². The first-order valence-electron chi connectivity index (χ1n) is 7.75. The van der Waals surface area contributed by atoms with E-state index in [1.165, 1.54) is 5.56 Å². The number of rotatable bonds is 5. The molecule has 0 aromatic heterocycles. The van der Waals surface area contributed by atoms with Crippen LogP contribution in [-0.2, 0) is 10.0 Å². The minimum absolute atomic E-state index is 0.0421. The van der Waals surface area contributed by atoms with Crippen LogP contribution < -0.4 is 10.0 Å². The molecule has 2 rings (SSSR count). The monoisotopic (exact) mass is 326 g/mol. The fraction of sp³-hybridized carbons (Fsp3) is 0.625. The lowest BCUT2D eigenvalue weighted by atomic mass is 9.82. The molecule has 1 saturated heterocycles. The summed E-state index contributed by atoms with van der Waals surface area (Å²) in [6.07, 6.45) is 5.09. The third kappa shape index (κ3) is 4.97. The number of sulfonamides is 1. The van der Waals surface area contributed by atoms with Crippen molar-refractivity contribution in [2.45, 2.75) is 44.1 Å². The summed E-state index contributed by atoms with van der Waals surface area (Å²) < 4.78 is 25.0. The molecule has 0 saturated carbocycles. The van der Waals surface area contributed by atoms with Crippen molar-refractivity contribution in [3.63, 3.8) is 0 Å². The summed E-state index contributed by atoms with van der Waals surface area (Å²) in [5.41, 5.74) is 1.78. The molecule has 22 heavy (non-hydrogen) atoms. The Kier molecular flexibility index (Phi) is 5.47. The molecule has 1 aliphatic heterocycles. The van der Waals surface area contributed by atoms with E-state index in [2.05, 4.69) is 17.0 Å². The second-order valence-corrected chi connectivity index (χ2v) is 8.25. The first-order chi connectivity index (χ1) is 10.3. The number of hydrogen-bond donors (Lipinski definition) is 3. The summed E-state index contributed by atoms with van der Waals surface area (Å²) >= 11 is 0. The maximum atomic E-state index is 11.2. The van der Waals surface area contributed by atoms with Gasteiger partial charge in [-0.3, -0.25) is 4.72 Å². The Morgan fingerprint density at radius 2 is 2.05 bits per heavy atom. The molecule has 0 aliphatic carbocycles. The third-order valence-corrected chi connectivity index (χ3v) is 4.93. The lowest BCUT2D eigenvalue weighted by molar-refractivity contribution is 0.212. The number of aliphatic hydroxyl groups is 1. The van der Waals surface area contributed by atoms with Gasteiger partial charge in [-0.25, -0.2) is 8.42 Å². The highest BCUT2D eigenvalue weighted by Gasteiger charge is 2.30. The highest BCUT2D eigenvalue weighted by atomic mass is 32.2. The SMILES string of the molecule is CC1(CCO)CC(c2ccc(NS(C)(=O)=O)cc2)CCCN1. The number of anilines is 1. The Hall–Kier alpha value is -1.11. The summed E-state index contributed by atoms with van der Waals surface area (Å²) in [6.45, 7) is 3.33. The average molecular weight is 326 g/mol. The van der Waals surface area contributed by atoms with Crippen molar-refractivity contribution >= 4 is 15.7 Å². The predicted octanol–water partition coefficient (Wildman–Crippen LogP) is 2.06. The Morgan fingerprint density at radius 1 is 1.36 bits per heavy atom. The zero-order chi connectivity index (χ0) is 16.2. The molecule has 124 valence electrons. The normalized spacial score (nSPS) is 26.4. The second kappa shape index (κ2) is 6.98. The second-order valence-electron chi connectivity index (χ2n) is 6.50. The van der Waals surface area contributed by atoms with Crippen molar-refractivity contribution in [2.75, 3.05) is 24.1 Å². The fourth-order valence-corrected chi connectivity index (χ4v) is 3.78. The molecule has 3 N–H and O–H groups in total. The van der Waals surface area contributed by atoms with Crippen molar-refractivity contribution < 1.29 is 13.5 Å². The number of benzene rings is 1. The lowest BCUT2D eigenvalue weighted by Gasteiger charge is -2.31. The molecule has 0 amide bonds. The summed E-state index contributed by atoms with van der Waals surface area (Å²) in [5.74, 6) is 0.429. The first kappa shape index (κ1) is 17.2. The van der Waals surface area contributed by atoms with Crippen molar-refractivity contribution in [3.05, 3.63) is 29.8 Å². The van der Waals surface area contributed by atoms with E-state index in [-0.39, 0.29) is 12.1 Å². The van der Waals surface area contributed by atoms with Crippen LogP contribution in [-0.4, -0.2) is 38.5 Å². The predicted molar refractivity (Wildman–Crippen MR) is 89.6 cm³/mol. The van der Waals surface area contributed by atoms with Gasteiger partial charge in [0.25, 0.3) is 0 Å². The van der Waals surface area contributed by atoms with Gasteiger partial charge in [-0.2, -0.15) is 0 Å². The van der Waals surface area contributed by atoms with E-state index in [0.29, 0.717) is 11.6 Å². The zero-order valence-corrected chi connectivity index (χ0v) is 14.1. The van der Waals surface area contributed by atoms with Crippen LogP contribution in [0.4, 0.5) is 5.69 Å². The molecule has 1 aliphatic rings. The third-order valence-electron chi connectivity index (χ3n) is 4.33. The largest absolute Gasteiger partial charge is 0.396 e. The van der Waals surface area contributed by atoms with E-state index in [9.17, 15) is 13.5 Å². The Balaban J connectivity index is 2.12. The highest BCUT2D eigenvalue weighted by Crippen LogP contribution is 2.34. The van der Waals surface area contributed by atoms with Crippen molar-refractivity contribution in [2.24, 2.45) is 0 Å². The van der Waals surface area contributed by atoms with Gasteiger partial charge in [0.15, 0.2) is 0 Å². The van der Waals surface area contributed by atoms with Crippen LogP contribution >= 0.6 is 0 Å². The number of aliphatic hydroxyl groups excluding tert-OH is 1. The molecule has 0 radical (unpaired) electrons. The maximum absolute atomic E-state index is 11.2. The zero-order valence-electron chi connectivity index (χ0n) is 13.3. The lowest BCUT2D eigenvalue weighted by Crippen LogP contribution is -2.43. The number of nitrogens with one attached hydrogen (secondary N) is 2. The summed E-state index contributed by atoms with van der Waals surface area (Å²) in [6, 6.07) is 7.64. The molecule has 1 aromatic carbocycles. The van der Waals surface area contributed by atoms with Gasteiger partial charge < -0.3 is 10.4 Å². The highest BCUT2D eigenvalue weighted by molar-refractivity contribution is 7.92. The van der Waals surface area contributed by atoms with Gasteiger partial charge in [-0.15, -0.1) is 0 Å². The van der Waals surface area contributed by atoms with E-state index < -0.39 is 10.0 Å². The molecule has 2 atom stereocenters. The topological polar surface area (TPSA) is 78.4 Å². The summed E-state index contributed by atoms with van der Waals surface area (Å²) in [4.78, 5) is 0. The van der Waals surface area contributed by atoms with Gasteiger partial charge in [0, 0.05) is 17.8 Å². The summed E-state index contributed by atoms with van der Waals surface area (Å²) in [5, 5.41) is 12.8. The molecule has 2 unspecified atom stereocenters. The van der Waals surface area contributed by atoms with E-state index in [4.69, 9.17) is 0 Å². The first-order valence-corrected chi connectivity index (χ1v) is 9.64. The average Bonchev–Trinajstić information content (AvgIpc) is 2.60. The van der Waals surface area contributed by atoms with Gasteiger partial charge in [-0.1, -0.05) is 12.1 Å². The van der Waals surface area contributed by atoms with Gasteiger partial charge in [-0.05, 0) is 62.8 Å². The van der Waals surface area contributed by atoms with Crippen molar-refractivity contribution in [1.29, 1.82) is 0 Å². The smallest absolute Gasteiger partial charge is 0.229 e. The molecule has 1 heterocycles. The van der Waals surface area contributed by atoms with Crippen LogP contribution in [0.2, 0.25) is 0 Å². The molecule has 0 bridgehead atoms. The van der Waals surface area contributed by atoms with Crippen LogP contribution in [0.25, 0.3) is 0 Å². The van der Waals surface area contributed by atoms with Crippen LogP contribution in [0.1, 0.15) is 44.1 Å². The van der Waals surface area contributed by atoms with Crippen molar-refractivity contribution in [1.82, 2.24) is 5.32 Å². The van der Waals surface area contributed by atoms with E-state index >= 15 is 0 Å². The van der Waals surface area contributed by atoms with Crippen LogP contribution in [0, 0.1) is 0 Å². The van der Waals surface area contributed by atoms with Crippen LogP contribution in [0.15, 0.2) is 24.3 Å². The van der Waals surface area contributed by atoms with E-state index in [0.717, 1.165) is 38.5 Å². The molecule has 1 aromatic rings. The minimum Gasteiger partial charge on any atom is -0.396 e. The van der Waals surface area contributed by atoms with Gasteiger partial charge in [0.1, 0.15) is 0 Å². The Bertz CT molecular complexity index is 586. The fourth-order valence-electron chi connectivity index (χ4n) is 3.22. The Labute approximate surface area is 133 Å². The van der Waals surface area contributed by atoms with E-state index in [1.54, 1.807) is 0 Å². The molecule has 5 nitrogen and oxygen atoms in total. The van der Waals surface area contributed by atoms with E-state index in [1.807, 2.05) is 24.3 Å². The standard InChI is InChI=1S/C16H26N2O3S/c1-16(9-11-19)12-14(4-3-10-17-16)13-5-7-15(8-6-13)18-22(2,20)21/h5-8,14,17-19H,3-4,9-12H2,1-2H3. The molecular formula is C16H26N2O3S. The van der Waals surface area contributed by atoms with Crippen LogP contribution in [0.5, 0.6) is 0 Å². The molecular weight excluding hydrogens is 300 g/mol. The maximum Gasteiger partial charge on any atom is 0.229 e. The summed E-state index contributed by atoms with van der Waals surface area (Å²) in [7, 11) is -3.23. The molecule has 0 spiro atoms. The molecule has 6 heteroatoms. The van der Waals surface area contributed by atoms with Crippen molar-refractivity contribution in [3.8, 4) is 0 Å². The van der Waals surface area contributed by atoms with Gasteiger partial charge >= 0.3 is 0 Å². The Morgan fingerprint density at radius 3 is 2.64 bits per heavy atom. The van der Waals surface area contributed by atoms with Gasteiger partial charge in [0.05, 0.1) is 6.26 Å². The molecule has 1 fully saturated rings. The van der Waals surface area contributed by atoms with Gasteiger partial charge in [0.2, 0.25) is 10.0 Å². The quantitative estimate of drug-likeness (QED) is 0.774.